The Morgan fingerprint density at radius 3 is 2.35 bits per heavy atom. The first-order valence-electron chi connectivity index (χ1n) is 11.9. The molecule has 0 bridgehead atoms. The number of halogens is 4. The normalized spacial score (nSPS) is 13.4. The van der Waals surface area contributed by atoms with E-state index in [1.807, 2.05) is 32.0 Å². The van der Waals surface area contributed by atoms with E-state index in [-0.39, 0.29) is 18.2 Å². The first-order chi connectivity index (χ1) is 17.7. The van der Waals surface area contributed by atoms with Crippen LogP contribution in [0.1, 0.15) is 49.6 Å². The first-order valence-corrected chi connectivity index (χ1v) is 12.3. The highest BCUT2D eigenvalue weighted by molar-refractivity contribution is 6.32. The SMILES string of the molecule is CCOc1ccc(COc2ccc(NC(=O)Cn3nc(C(F)(F)F)c(Cl)c3C3CC3)cc2)cc1OCC. The van der Waals surface area contributed by atoms with Crippen LogP contribution in [-0.4, -0.2) is 28.9 Å². The molecule has 0 unspecified atom stereocenters. The molecule has 1 heterocycles. The van der Waals surface area contributed by atoms with Crippen LogP contribution < -0.4 is 19.5 Å². The maximum Gasteiger partial charge on any atom is 0.436 e. The van der Waals surface area contributed by atoms with Crippen molar-refractivity contribution in [3.63, 3.8) is 0 Å². The molecule has 0 radical (unpaired) electrons. The summed E-state index contributed by atoms with van der Waals surface area (Å²) in [6, 6.07) is 12.3. The van der Waals surface area contributed by atoms with Crippen molar-refractivity contribution >= 4 is 23.2 Å². The minimum Gasteiger partial charge on any atom is -0.490 e. The van der Waals surface area contributed by atoms with Crippen molar-refractivity contribution < 1.29 is 32.2 Å². The van der Waals surface area contributed by atoms with Crippen LogP contribution in [0.5, 0.6) is 17.2 Å². The lowest BCUT2D eigenvalue weighted by molar-refractivity contribution is -0.141. The summed E-state index contributed by atoms with van der Waals surface area (Å²) in [5, 5.41) is 5.84. The summed E-state index contributed by atoms with van der Waals surface area (Å²) in [4.78, 5) is 12.6. The second-order valence-electron chi connectivity index (χ2n) is 8.49. The molecule has 1 aromatic heterocycles. The number of ether oxygens (including phenoxy) is 3. The molecule has 7 nitrogen and oxygen atoms in total. The molecular weight excluding hydrogens is 511 g/mol. The van der Waals surface area contributed by atoms with Gasteiger partial charge in [0.2, 0.25) is 5.91 Å². The van der Waals surface area contributed by atoms with Crippen LogP contribution in [0, 0.1) is 0 Å². The van der Waals surface area contributed by atoms with Crippen LogP contribution in [0.2, 0.25) is 5.02 Å². The van der Waals surface area contributed by atoms with Gasteiger partial charge >= 0.3 is 6.18 Å². The smallest absolute Gasteiger partial charge is 0.436 e. The molecule has 1 N–H and O–H groups in total. The highest BCUT2D eigenvalue weighted by atomic mass is 35.5. The fraction of sp³-hybridized carbons (Fsp3) is 0.385. The Morgan fingerprint density at radius 2 is 1.73 bits per heavy atom. The Morgan fingerprint density at radius 1 is 1.05 bits per heavy atom. The Labute approximate surface area is 217 Å². The number of hydrogen-bond donors (Lipinski definition) is 1. The maximum atomic E-state index is 13.2. The number of hydrogen-bond acceptors (Lipinski definition) is 5. The number of carbonyl (C=O) groups excluding carboxylic acids is 1. The van der Waals surface area contributed by atoms with Gasteiger partial charge in [0.05, 0.1) is 23.9 Å². The van der Waals surface area contributed by atoms with E-state index >= 15 is 0 Å². The summed E-state index contributed by atoms with van der Waals surface area (Å²) >= 11 is 5.97. The summed E-state index contributed by atoms with van der Waals surface area (Å²) in [5.74, 6) is 1.27. The first kappa shape index (κ1) is 26.7. The van der Waals surface area contributed by atoms with Gasteiger partial charge < -0.3 is 19.5 Å². The van der Waals surface area contributed by atoms with Crippen LogP contribution >= 0.6 is 11.6 Å². The predicted molar refractivity (Wildman–Crippen MR) is 132 cm³/mol. The summed E-state index contributed by atoms with van der Waals surface area (Å²) in [6.45, 7) is 4.76. The topological polar surface area (TPSA) is 74.6 Å². The molecule has 0 atom stereocenters. The summed E-state index contributed by atoms with van der Waals surface area (Å²) < 4.78 is 57.8. The number of benzene rings is 2. The van der Waals surface area contributed by atoms with Gasteiger partial charge in [-0.05, 0) is 68.7 Å². The summed E-state index contributed by atoms with van der Waals surface area (Å²) in [6.07, 6.45) is -3.25. The van der Waals surface area contributed by atoms with Gasteiger partial charge in [0, 0.05) is 11.6 Å². The molecule has 1 aliphatic carbocycles. The van der Waals surface area contributed by atoms with Gasteiger partial charge in [-0.15, -0.1) is 0 Å². The fourth-order valence-electron chi connectivity index (χ4n) is 3.82. The Kier molecular flexibility index (Phi) is 8.16. The van der Waals surface area contributed by atoms with E-state index in [9.17, 15) is 18.0 Å². The van der Waals surface area contributed by atoms with Crippen LogP contribution in [0.4, 0.5) is 18.9 Å². The third-order valence-electron chi connectivity index (χ3n) is 5.61. The van der Waals surface area contributed by atoms with Crippen LogP contribution in [0.25, 0.3) is 0 Å². The van der Waals surface area contributed by atoms with Crippen LogP contribution in [0.3, 0.4) is 0 Å². The molecule has 0 spiro atoms. The molecule has 37 heavy (non-hydrogen) atoms. The fourth-order valence-corrected chi connectivity index (χ4v) is 4.22. The molecule has 2 aromatic carbocycles. The molecule has 4 rings (SSSR count). The standard InChI is InChI=1S/C26H27ClF3N3O4/c1-3-35-20-12-5-16(13-21(20)36-4-2)15-37-19-10-8-18(9-11-19)31-22(34)14-33-24(17-6-7-17)23(27)25(32-33)26(28,29)30/h5,8-13,17H,3-4,6-7,14-15H2,1-2H3,(H,31,34). The average molecular weight is 538 g/mol. The van der Waals surface area contributed by atoms with Crippen molar-refractivity contribution in [1.82, 2.24) is 9.78 Å². The van der Waals surface area contributed by atoms with Crippen molar-refractivity contribution in [2.75, 3.05) is 18.5 Å². The van der Waals surface area contributed by atoms with E-state index < -0.39 is 22.8 Å². The van der Waals surface area contributed by atoms with Gasteiger partial charge in [-0.3, -0.25) is 9.48 Å². The molecule has 0 saturated heterocycles. The Bertz CT molecular complexity index is 1240. The minimum atomic E-state index is -4.69. The molecule has 11 heteroatoms. The second-order valence-corrected chi connectivity index (χ2v) is 8.86. The van der Waals surface area contributed by atoms with Gasteiger partial charge in [-0.1, -0.05) is 17.7 Å². The third kappa shape index (κ3) is 6.68. The third-order valence-corrected chi connectivity index (χ3v) is 5.98. The number of carbonyl (C=O) groups is 1. The zero-order valence-electron chi connectivity index (χ0n) is 20.4. The van der Waals surface area contributed by atoms with Gasteiger partial charge in [0.15, 0.2) is 17.2 Å². The number of aromatic nitrogens is 2. The van der Waals surface area contributed by atoms with E-state index in [0.29, 0.717) is 42.8 Å². The number of anilines is 1. The van der Waals surface area contributed by atoms with Gasteiger partial charge in [0.1, 0.15) is 18.9 Å². The maximum absolute atomic E-state index is 13.2. The van der Waals surface area contributed by atoms with Gasteiger partial charge in [0.25, 0.3) is 0 Å². The lowest BCUT2D eigenvalue weighted by atomic mass is 10.2. The van der Waals surface area contributed by atoms with E-state index in [2.05, 4.69) is 10.4 Å². The molecular formula is C26H27ClF3N3O4. The lowest BCUT2D eigenvalue weighted by Gasteiger charge is -2.13. The van der Waals surface area contributed by atoms with Gasteiger partial charge in [-0.25, -0.2) is 0 Å². The van der Waals surface area contributed by atoms with E-state index in [1.54, 1.807) is 24.3 Å². The van der Waals surface area contributed by atoms with Crippen molar-refractivity contribution in [1.29, 1.82) is 0 Å². The minimum absolute atomic E-state index is 0.111. The Hall–Kier alpha value is -3.40. The zero-order valence-corrected chi connectivity index (χ0v) is 21.2. The largest absolute Gasteiger partial charge is 0.490 e. The summed E-state index contributed by atoms with van der Waals surface area (Å²) in [7, 11) is 0. The molecule has 1 saturated carbocycles. The number of nitrogens with zero attached hydrogens (tertiary/aromatic N) is 2. The molecule has 1 fully saturated rings. The summed E-state index contributed by atoms with van der Waals surface area (Å²) in [5.41, 5.74) is 0.465. The quantitative estimate of drug-likeness (QED) is 0.304. The number of amides is 1. The predicted octanol–water partition coefficient (Wildman–Crippen LogP) is 6.45. The number of nitrogens with one attached hydrogen (secondary N) is 1. The number of alkyl halides is 3. The van der Waals surface area contributed by atoms with Crippen molar-refractivity contribution in [2.45, 2.75) is 51.9 Å². The highest BCUT2D eigenvalue weighted by Gasteiger charge is 2.42. The monoisotopic (exact) mass is 537 g/mol. The van der Waals surface area contributed by atoms with Gasteiger partial charge in [-0.2, -0.15) is 18.3 Å². The van der Waals surface area contributed by atoms with Crippen molar-refractivity contribution in [3.8, 4) is 17.2 Å². The van der Waals surface area contributed by atoms with Crippen molar-refractivity contribution in [2.24, 2.45) is 0 Å². The van der Waals surface area contributed by atoms with E-state index in [4.69, 9.17) is 25.8 Å². The zero-order chi connectivity index (χ0) is 26.6. The van der Waals surface area contributed by atoms with Crippen LogP contribution in [-0.2, 0) is 24.1 Å². The van der Waals surface area contributed by atoms with Crippen LogP contribution in [0.15, 0.2) is 42.5 Å². The Balaban J connectivity index is 1.36. The molecule has 198 valence electrons. The van der Waals surface area contributed by atoms with E-state index in [1.165, 1.54) is 0 Å². The van der Waals surface area contributed by atoms with E-state index in [0.717, 1.165) is 23.1 Å². The highest BCUT2D eigenvalue weighted by Crippen LogP contribution is 2.46. The molecule has 0 aliphatic heterocycles. The van der Waals surface area contributed by atoms with Crippen molar-refractivity contribution in [3.05, 3.63) is 64.4 Å². The second kappa shape index (κ2) is 11.3. The lowest BCUT2D eigenvalue weighted by Crippen LogP contribution is -2.21. The molecule has 3 aromatic rings. The number of rotatable bonds is 11. The molecule has 1 amide bonds. The average Bonchev–Trinajstić information content (AvgIpc) is 3.62. The molecule has 1 aliphatic rings.